The van der Waals surface area contributed by atoms with E-state index in [0.29, 0.717) is 5.92 Å². The van der Waals surface area contributed by atoms with Crippen LogP contribution in [-0.4, -0.2) is 24.1 Å². The maximum atomic E-state index is 4.67. The molecule has 4 heteroatoms. The SMILES string of the molecule is C=C([C@@H]1NCC2C(=C)N(c3ccc(C)cc3)C(=C)[C@H]21)N(Cc1ccc(C)cc1)c1ccccc1C.CC.CC.CCCSCC. The molecule has 0 amide bonds. The monoisotopic (exact) mass is 625 g/mol. The molecule has 3 aromatic carbocycles. The molecule has 45 heavy (non-hydrogen) atoms. The number of nitrogens with one attached hydrogen (secondary N) is 1. The van der Waals surface area contributed by atoms with Gasteiger partial charge in [-0.1, -0.05) is 127 Å². The van der Waals surface area contributed by atoms with Crippen molar-refractivity contribution in [1.82, 2.24) is 5.32 Å². The van der Waals surface area contributed by atoms with E-state index in [4.69, 9.17) is 0 Å². The topological polar surface area (TPSA) is 18.5 Å². The average Bonchev–Trinajstić information content (AvgIpc) is 3.62. The van der Waals surface area contributed by atoms with Crippen LogP contribution in [0.25, 0.3) is 0 Å². The molecule has 0 radical (unpaired) electrons. The van der Waals surface area contributed by atoms with Gasteiger partial charge in [0.25, 0.3) is 0 Å². The van der Waals surface area contributed by atoms with Gasteiger partial charge >= 0.3 is 0 Å². The molecule has 2 aliphatic heterocycles. The van der Waals surface area contributed by atoms with Gasteiger partial charge in [-0.2, -0.15) is 11.8 Å². The van der Waals surface area contributed by atoms with Crippen LogP contribution < -0.4 is 15.1 Å². The van der Waals surface area contributed by atoms with Gasteiger partial charge < -0.3 is 15.1 Å². The van der Waals surface area contributed by atoms with E-state index in [9.17, 15) is 0 Å². The number of anilines is 2. The predicted molar refractivity (Wildman–Crippen MR) is 204 cm³/mol. The molecule has 2 heterocycles. The highest BCUT2D eigenvalue weighted by Gasteiger charge is 2.49. The number of thioether (sulfide) groups is 1. The first kappa shape index (κ1) is 38.0. The first-order chi connectivity index (χ1) is 21.8. The first-order valence-electron chi connectivity index (χ1n) is 16.9. The summed E-state index contributed by atoms with van der Waals surface area (Å²) in [6.07, 6.45) is 1.32. The van der Waals surface area contributed by atoms with Crippen molar-refractivity contribution in [2.45, 2.75) is 81.3 Å². The molecular weight excluding hydrogens is 567 g/mol. The van der Waals surface area contributed by atoms with Gasteiger partial charge in [0.15, 0.2) is 0 Å². The number of fused-ring (bicyclic) bond motifs is 1. The molecule has 3 atom stereocenters. The van der Waals surface area contributed by atoms with Crippen LogP contribution in [0.1, 0.15) is 70.2 Å². The zero-order chi connectivity index (χ0) is 33.5. The summed E-state index contributed by atoms with van der Waals surface area (Å²) in [5, 5.41) is 3.78. The largest absolute Gasteiger partial charge is 0.339 e. The fourth-order valence-corrected chi connectivity index (χ4v) is 6.46. The molecule has 2 aliphatic rings. The Labute approximate surface area is 280 Å². The van der Waals surface area contributed by atoms with Crippen LogP contribution in [0.4, 0.5) is 11.4 Å². The fourth-order valence-electron chi connectivity index (χ4n) is 5.88. The molecule has 0 bridgehead atoms. The van der Waals surface area contributed by atoms with Crippen LogP contribution in [0, 0.1) is 32.6 Å². The molecule has 0 aromatic heterocycles. The lowest BCUT2D eigenvalue weighted by molar-refractivity contribution is 0.522. The van der Waals surface area contributed by atoms with Crippen LogP contribution in [0.3, 0.4) is 0 Å². The van der Waals surface area contributed by atoms with Gasteiger partial charge in [-0.05, 0) is 68.0 Å². The molecule has 244 valence electrons. The second-order valence-corrected chi connectivity index (χ2v) is 12.6. The molecule has 0 spiro atoms. The molecule has 1 unspecified atom stereocenters. The Morgan fingerprint density at radius 3 is 1.96 bits per heavy atom. The molecule has 3 aromatic rings. The van der Waals surface area contributed by atoms with E-state index in [-0.39, 0.29) is 12.0 Å². The number of hydrogen-bond acceptors (Lipinski definition) is 4. The van der Waals surface area contributed by atoms with E-state index in [1.54, 1.807) is 0 Å². The number of para-hydroxylation sites is 1. The highest BCUT2D eigenvalue weighted by atomic mass is 32.2. The molecule has 1 N–H and O–H groups in total. The Morgan fingerprint density at radius 1 is 0.844 bits per heavy atom. The minimum atomic E-state index is 0.0877. The summed E-state index contributed by atoms with van der Waals surface area (Å²) in [5.41, 5.74) is 10.7. The van der Waals surface area contributed by atoms with Crippen LogP contribution in [-0.2, 0) is 6.54 Å². The van der Waals surface area contributed by atoms with Crippen molar-refractivity contribution in [3.63, 3.8) is 0 Å². The molecule has 5 rings (SSSR count). The Bertz CT molecular complexity index is 1340. The minimum Gasteiger partial charge on any atom is -0.339 e. The highest BCUT2D eigenvalue weighted by Crippen LogP contribution is 2.48. The van der Waals surface area contributed by atoms with Gasteiger partial charge in [-0.25, -0.2) is 0 Å². The number of rotatable bonds is 9. The van der Waals surface area contributed by atoms with Crippen LogP contribution in [0.2, 0.25) is 0 Å². The summed E-state index contributed by atoms with van der Waals surface area (Å²) in [5.74, 6) is 3.13. The smallest absolute Gasteiger partial charge is 0.0560 e. The number of hydrogen-bond donors (Lipinski definition) is 1. The van der Waals surface area contributed by atoms with E-state index in [1.807, 2.05) is 39.5 Å². The Hall–Kier alpha value is -3.21. The lowest BCUT2D eigenvalue weighted by atomic mass is 9.88. The zero-order valence-electron chi connectivity index (χ0n) is 29.6. The van der Waals surface area contributed by atoms with Crippen molar-refractivity contribution < 1.29 is 0 Å². The molecule has 0 saturated carbocycles. The second-order valence-electron chi connectivity index (χ2n) is 11.2. The van der Waals surface area contributed by atoms with Crippen molar-refractivity contribution in [3.05, 3.63) is 132 Å². The maximum Gasteiger partial charge on any atom is 0.0560 e. The fraction of sp³-hybridized carbons (Fsp3) is 0.415. The molecule has 2 saturated heterocycles. The summed E-state index contributed by atoms with van der Waals surface area (Å²) in [6, 6.07) is 26.1. The van der Waals surface area contributed by atoms with Gasteiger partial charge in [-0.15, -0.1) is 0 Å². The third-order valence-electron chi connectivity index (χ3n) is 8.16. The third kappa shape index (κ3) is 9.64. The standard InChI is InChI=1S/C32H35N3.C5H12S.2C2H6/c1-21-11-15-27(16-12-21)20-34(30-10-8-7-9-23(30)3)26(6)32-31-25(5)35(24(4)29(31)19-33-32)28-17-13-22(2)14-18-28;1-3-5-6-4-2;2*1-2/h7-18,29,31-33H,4-6,19-20H2,1-3H3;3-5H2,1-2H3;2*1-2H3/t29?,31-,32+;;;/m1.../s1. The maximum absolute atomic E-state index is 4.67. The van der Waals surface area contributed by atoms with Gasteiger partial charge in [-0.3, -0.25) is 0 Å². The van der Waals surface area contributed by atoms with E-state index < -0.39 is 0 Å². The lowest BCUT2D eigenvalue weighted by Crippen LogP contribution is -2.39. The van der Waals surface area contributed by atoms with Crippen LogP contribution in [0.15, 0.2) is 110 Å². The lowest BCUT2D eigenvalue weighted by Gasteiger charge is -2.34. The highest BCUT2D eigenvalue weighted by molar-refractivity contribution is 7.99. The second kappa shape index (κ2) is 19.3. The van der Waals surface area contributed by atoms with Gasteiger partial charge in [0.2, 0.25) is 0 Å². The summed E-state index contributed by atoms with van der Waals surface area (Å²) < 4.78 is 0. The van der Waals surface area contributed by atoms with Crippen molar-refractivity contribution in [3.8, 4) is 0 Å². The normalized spacial score (nSPS) is 18.1. The van der Waals surface area contributed by atoms with Crippen molar-refractivity contribution in [2.24, 2.45) is 11.8 Å². The number of benzene rings is 3. The Balaban J connectivity index is 0.000000625. The van der Waals surface area contributed by atoms with E-state index in [2.05, 4.69) is 142 Å². The zero-order valence-corrected chi connectivity index (χ0v) is 30.4. The summed E-state index contributed by atoms with van der Waals surface area (Å²) in [6.45, 7) is 34.2. The van der Waals surface area contributed by atoms with Crippen molar-refractivity contribution in [1.29, 1.82) is 0 Å². The van der Waals surface area contributed by atoms with Gasteiger partial charge in [0, 0.05) is 53.4 Å². The van der Waals surface area contributed by atoms with Crippen molar-refractivity contribution in [2.75, 3.05) is 27.9 Å². The van der Waals surface area contributed by atoms with Gasteiger partial charge in [0.1, 0.15) is 0 Å². The number of nitrogens with zero attached hydrogens (tertiary/aromatic N) is 2. The van der Waals surface area contributed by atoms with E-state index >= 15 is 0 Å². The van der Waals surface area contributed by atoms with Crippen LogP contribution in [0.5, 0.6) is 0 Å². The minimum absolute atomic E-state index is 0.0877. The average molecular weight is 626 g/mol. The van der Waals surface area contributed by atoms with Gasteiger partial charge in [0.05, 0.1) is 6.04 Å². The number of aryl methyl sites for hydroxylation is 3. The van der Waals surface area contributed by atoms with Crippen LogP contribution >= 0.6 is 11.8 Å². The molecular formula is C41H59N3S. The quantitative estimate of drug-likeness (QED) is 0.238. The molecule has 0 aliphatic carbocycles. The van der Waals surface area contributed by atoms with E-state index in [1.165, 1.54) is 45.9 Å². The summed E-state index contributed by atoms with van der Waals surface area (Å²) in [4.78, 5) is 4.64. The first-order valence-corrected chi connectivity index (χ1v) is 18.0. The Morgan fingerprint density at radius 2 is 1.42 bits per heavy atom. The van der Waals surface area contributed by atoms with E-state index in [0.717, 1.165) is 35.9 Å². The molecule has 3 nitrogen and oxygen atoms in total. The Kier molecular flexibility index (Phi) is 16.3. The predicted octanol–water partition coefficient (Wildman–Crippen LogP) is 11.1. The third-order valence-corrected chi connectivity index (χ3v) is 9.26. The summed E-state index contributed by atoms with van der Waals surface area (Å²) in [7, 11) is 0. The summed E-state index contributed by atoms with van der Waals surface area (Å²) >= 11 is 2.01. The molecule has 2 fully saturated rings. The van der Waals surface area contributed by atoms with Crippen molar-refractivity contribution >= 4 is 23.1 Å².